The molecule has 0 radical (unpaired) electrons. The zero-order chi connectivity index (χ0) is 21.9. The van der Waals surface area contributed by atoms with Gasteiger partial charge in [-0.15, -0.1) is 0 Å². The molecule has 2 aromatic carbocycles. The highest BCUT2D eigenvalue weighted by molar-refractivity contribution is 7.89. The lowest BCUT2D eigenvalue weighted by molar-refractivity contribution is 0.102. The number of benzene rings is 2. The van der Waals surface area contributed by atoms with Gasteiger partial charge in [0.15, 0.2) is 0 Å². The third kappa shape index (κ3) is 4.15. The molecule has 1 aliphatic heterocycles. The molecule has 0 bridgehead atoms. The van der Waals surface area contributed by atoms with Crippen LogP contribution in [0.1, 0.15) is 36.7 Å². The molecule has 1 heterocycles. The fraction of sp³-hybridized carbons (Fsp3) is 0.409. The molecule has 0 saturated heterocycles. The topological polar surface area (TPSA) is 79.0 Å². The van der Waals surface area contributed by atoms with Gasteiger partial charge in [-0.05, 0) is 49.2 Å². The molecule has 2 aromatic rings. The summed E-state index contributed by atoms with van der Waals surface area (Å²) in [4.78, 5) is 15.1. The largest absolute Gasteiger partial charge is 0.495 e. The zero-order valence-corrected chi connectivity index (χ0v) is 18.8. The molecule has 0 saturated carbocycles. The molecule has 0 fully saturated rings. The molecule has 1 aliphatic rings. The highest BCUT2D eigenvalue weighted by Gasteiger charge is 2.27. The van der Waals surface area contributed by atoms with E-state index < -0.39 is 10.0 Å². The number of ether oxygens (including phenoxy) is 1. The normalized spacial score (nSPS) is 13.4. The van der Waals surface area contributed by atoms with E-state index in [-0.39, 0.29) is 22.1 Å². The number of sulfonamides is 1. The average molecular weight is 432 g/mol. The van der Waals surface area contributed by atoms with Crippen LogP contribution in [0.3, 0.4) is 0 Å². The quantitative estimate of drug-likeness (QED) is 0.693. The van der Waals surface area contributed by atoms with Crippen molar-refractivity contribution in [3.05, 3.63) is 47.5 Å². The van der Waals surface area contributed by atoms with E-state index >= 15 is 0 Å². The Morgan fingerprint density at radius 2 is 1.87 bits per heavy atom. The maximum Gasteiger partial charge on any atom is 0.255 e. The second-order valence-corrected chi connectivity index (χ2v) is 8.99. The first-order valence-corrected chi connectivity index (χ1v) is 11.7. The predicted octanol–water partition coefficient (Wildman–Crippen LogP) is 3.36. The summed E-state index contributed by atoms with van der Waals surface area (Å²) in [5, 5.41) is 2.89. The molecule has 7 nitrogen and oxygen atoms in total. The van der Waals surface area contributed by atoms with Crippen LogP contribution in [-0.4, -0.2) is 51.9 Å². The van der Waals surface area contributed by atoms with Crippen molar-refractivity contribution in [3.63, 3.8) is 0 Å². The summed E-state index contributed by atoms with van der Waals surface area (Å²) in [6.45, 7) is 8.22. The van der Waals surface area contributed by atoms with E-state index in [0.29, 0.717) is 18.8 Å². The molecule has 8 heteroatoms. The van der Waals surface area contributed by atoms with Gasteiger partial charge < -0.3 is 15.0 Å². The van der Waals surface area contributed by atoms with Gasteiger partial charge in [0.1, 0.15) is 10.6 Å². The predicted molar refractivity (Wildman–Crippen MR) is 119 cm³/mol. The van der Waals surface area contributed by atoms with E-state index in [4.69, 9.17) is 4.74 Å². The van der Waals surface area contributed by atoms with Crippen LogP contribution in [0.4, 0.5) is 11.4 Å². The number of carbonyl (C=O) groups excluding carboxylic acids is 1. The molecular formula is C22H29N3O4S. The minimum absolute atomic E-state index is 0.00698. The van der Waals surface area contributed by atoms with Crippen LogP contribution in [0.2, 0.25) is 0 Å². The molecule has 1 N–H and O–H groups in total. The molecule has 0 aromatic heterocycles. The van der Waals surface area contributed by atoms with Crippen molar-refractivity contribution in [2.24, 2.45) is 0 Å². The second kappa shape index (κ2) is 9.06. The molecule has 1 amide bonds. The molecule has 0 spiro atoms. The van der Waals surface area contributed by atoms with E-state index in [0.717, 1.165) is 25.2 Å². The number of methoxy groups -OCH3 is 1. The second-order valence-electron chi connectivity index (χ2n) is 7.08. The van der Waals surface area contributed by atoms with Crippen molar-refractivity contribution in [1.29, 1.82) is 0 Å². The minimum Gasteiger partial charge on any atom is -0.495 e. The van der Waals surface area contributed by atoms with Crippen LogP contribution in [0.5, 0.6) is 5.75 Å². The first-order valence-electron chi connectivity index (χ1n) is 10.2. The van der Waals surface area contributed by atoms with E-state index in [1.807, 2.05) is 18.2 Å². The van der Waals surface area contributed by atoms with Gasteiger partial charge in [-0.3, -0.25) is 4.79 Å². The number of nitrogens with one attached hydrogen (secondary N) is 1. The Balaban J connectivity index is 1.91. The van der Waals surface area contributed by atoms with Crippen LogP contribution < -0.4 is 15.0 Å². The minimum atomic E-state index is -3.77. The number of carbonyl (C=O) groups is 1. The Morgan fingerprint density at radius 1 is 1.13 bits per heavy atom. The summed E-state index contributed by atoms with van der Waals surface area (Å²) in [6.07, 6.45) is 1.00. The van der Waals surface area contributed by atoms with Gasteiger partial charge in [0.05, 0.1) is 7.11 Å². The third-order valence-electron chi connectivity index (χ3n) is 5.47. The number of nitrogens with zero attached hydrogens (tertiary/aromatic N) is 2. The van der Waals surface area contributed by atoms with E-state index in [1.54, 1.807) is 19.9 Å². The van der Waals surface area contributed by atoms with Crippen molar-refractivity contribution >= 4 is 27.3 Å². The Morgan fingerprint density at radius 3 is 2.50 bits per heavy atom. The zero-order valence-electron chi connectivity index (χ0n) is 17.9. The lowest BCUT2D eigenvalue weighted by atomic mass is 10.1. The van der Waals surface area contributed by atoms with Crippen molar-refractivity contribution in [2.75, 3.05) is 43.5 Å². The number of rotatable bonds is 8. The number of fused-ring (bicyclic) bond motifs is 1. The van der Waals surface area contributed by atoms with E-state index in [2.05, 4.69) is 17.1 Å². The van der Waals surface area contributed by atoms with Crippen molar-refractivity contribution in [1.82, 2.24) is 4.31 Å². The summed E-state index contributed by atoms with van der Waals surface area (Å²) < 4.78 is 32.6. The Labute approximate surface area is 178 Å². The molecule has 3 rings (SSSR count). The van der Waals surface area contributed by atoms with E-state index in [9.17, 15) is 13.2 Å². The smallest absolute Gasteiger partial charge is 0.255 e. The number of hydrogen-bond donors (Lipinski definition) is 1. The van der Waals surface area contributed by atoms with E-state index in [1.165, 1.54) is 29.1 Å². The summed E-state index contributed by atoms with van der Waals surface area (Å²) in [7, 11) is -2.35. The summed E-state index contributed by atoms with van der Waals surface area (Å²) in [5.74, 6) is -0.149. The van der Waals surface area contributed by atoms with Gasteiger partial charge >= 0.3 is 0 Å². The average Bonchev–Trinajstić information content (AvgIpc) is 3.16. The van der Waals surface area contributed by atoms with Crippen molar-refractivity contribution in [2.45, 2.75) is 32.1 Å². The van der Waals surface area contributed by atoms with Crippen molar-refractivity contribution in [3.8, 4) is 5.75 Å². The fourth-order valence-corrected chi connectivity index (χ4v) is 5.42. The van der Waals surface area contributed by atoms with Crippen LogP contribution in [0.15, 0.2) is 41.3 Å². The number of likely N-dealkylation sites (N-methyl/N-ethyl adjacent to an activating group) is 1. The molecule has 0 atom stereocenters. The molecule has 30 heavy (non-hydrogen) atoms. The number of anilines is 2. The number of amides is 1. The number of hydrogen-bond acceptors (Lipinski definition) is 5. The van der Waals surface area contributed by atoms with Gasteiger partial charge in [0.25, 0.3) is 5.91 Å². The Hall–Kier alpha value is -2.58. The summed E-state index contributed by atoms with van der Waals surface area (Å²) in [6, 6.07) is 10.4. The van der Waals surface area contributed by atoms with Crippen LogP contribution in [-0.2, 0) is 16.4 Å². The lowest BCUT2D eigenvalue weighted by Crippen LogP contribution is -2.31. The highest BCUT2D eigenvalue weighted by Crippen LogP contribution is 2.31. The van der Waals surface area contributed by atoms with Gasteiger partial charge in [0, 0.05) is 43.1 Å². The highest BCUT2D eigenvalue weighted by atomic mass is 32.2. The van der Waals surface area contributed by atoms with Gasteiger partial charge in [-0.2, -0.15) is 4.31 Å². The standard InChI is InChI=1S/C22H29N3O4S/c1-5-24-13-12-16-8-10-18(15-19(16)24)23-22(26)17-9-11-20(29-4)21(14-17)30(27,28)25(6-2)7-3/h8-11,14-15H,5-7,12-13H2,1-4H3,(H,23,26). The maximum absolute atomic E-state index is 13.0. The first kappa shape index (κ1) is 22.1. The molecule has 162 valence electrons. The van der Waals surface area contributed by atoms with Crippen LogP contribution >= 0.6 is 0 Å². The SMILES string of the molecule is CCN1CCc2ccc(NC(=O)c3ccc(OC)c(S(=O)(=O)N(CC)CC)c3)cc21. The maximum atomic E-state index is 13.0. The summed E-state index contributed by atoms with van der Waals surface area (Å²) in [5.41, 5.74) is 3.35. The van der Waals surface area contributed by atoms with Crippen molar-refractivity contribution < 1.29 is 17.9 Å². The lowest BCUT2D eigenvalue weighted by Gasteiger charge is -2.20. The molecule has 0 unspecified atom stereocenters. The third-order valence-corrected chi connectivity index (χ3v) is 7.54. The van der Waals surface area contributed by atoms with Crippen LogP contribution in [0, 0.1) is 0 Å². The first-order chi connectivity index (χ1) is 14.3. The molecular weight excluding hydrogens is 402 g/mol. The molecule has 0 aliphatic carbocycles. The monoisotopic (exact) mass is 431 g/mol. The fourth-order valence-electron chi connectivity index (χ4n) is 3.78. The van der Waals surface area contributed by atoms with Crippen LogP contribution in [0.25, 0.3) is 0 Å². The Bertz CT molecular complexity index is 1030. The van der Waals surface area contributed by atoms with Gasteiger partial charge in [-0.1, -0.05) is 19.9 Å². The summed E-state index contributed by atoms with van der Waals surface area (Å²) >= 11 is 0. The van der Waals surface area contributed by atoms with Gasteiger partial charge in [0.2, 0.25) is 10.0 Å². The van der Waals surface area contributed by atoms with Gasteiger partial charge in [-0.25, -0.2) is 8.42 Å². The Kier molecular flexibility index (Phi) is 6.67.